The molecular weight excluding hydrogens is 392 g/mol. The lowest BCUT2D eigenvalue weighted by Crippen LogP contribution is -2.33. The van der Waals surface area contributed by atoms with Gasteiger partial charge in [0.15, 0.2) is 11.6 Å². The average molecular weight is 414 g/mol. The Morgan fingerprint density at radius 2 is 2.07 bits per heavy atom. The van der Waals surface area contributed by atoms with Crippen molar-refractivity contribution >= 4 is 5.82 Å². The number of rotatable bonds is 7. The van der Waals surface area contributed by atoms with E-state index in [2.05, 4.69) is 14.7 Å². The van der Waals surface area contributed by atoms with E-state index in [4.69, 9.17) is 5.73 Å². The monoisotopic (exact) mass is 414 g/mol. The molecule has 2 saturated carbocycles. The Balaban J connectivity index is 1.63. The highest BCUT2D eigenvalue weighted by molar-refractivity contribution is 5.63. The maximum Gasteiger partial charge on any atom is 0.573 e. The summed E-state index contributed by atoms with van der Waals surface area (Å²) < 4.78 is 57.8. The lowest BCUT2D eigenvalue weighted by molar-refractivity contribution is -0.274. The van der Waals surface area contributed by atoms with Gasteiger partial charge in [-0.3, -0.25) is 0 Å². The zero-order valence-electron chi connectivity index (χ0n) is 15.6. The van der Waals surface area contributed by atoms with Crippen LogP contribution in [0.15, 0.2) is 18.5 Å². The second kappa shape index (κ2) is 7.16. The molecule has 2 aromatic rings. The highest BCUT2D eigenvalue weighted by atomic mass is 19.4. The van der Waals surface area contributed by atoms with Crippen molar-refractivity contribution in [3.8, 4) is 17.0 Å². The molecule has 6 nitrogen and oxygen atoms in total. The molecule has 2 heterocycles. The standard InChI is InChI=1S/C19H22F4N4O2/c20-18(4-1-5-18)6-7-27-10-13(26-17(27)15(28)11-2-3-11)12-8-14(16(24)25-9-12)29-19(21,22)23/h8-11,15,28H,1-7H2,(H2,24,25). The predicted molar refractivity (Wildman–Crippen MR) is 96.5 cm³/mol. The lowest BCUT2D eigenvalue weighted by Gasteiger charge is -2.34. The minimum Gasteiger partial charge on any atom is -0.402 e. The predicted octanol–water partition coefficient (Wildman–Crippen LogP) is 4.15. The Bertz CT molecular complexity index is 891. The van der Waals surface area contributed by atoms with Gasteiger partial charge in [-0.1, -0.05) is 0 Å². The molecule has 29 heavy (non-hydrogen) atoms. The smallest absolute Gasteiger partial charge is 0.402 e. The molecule has 2 aliphatic carbocycles. The average Bonchev–Trinajstić information content (AvgIpc) is 3.38. The Labute approximate surface area is 164 Å². The summed E-state index contributed by atoms with van der Waals surface area (Å²) in [6, 6.07) is 1.11. The number of pyridine rings is 1. The summed E-state index contributed by atoms with van der Waals surface area (Å²) in [6.07, 6.45) is 1.16. The number of hydrogen-bond donors (Lipinski definition) is 2. The molecule has 0 bridgehead atoms. The number of alkyl halides is 4. The fourth-order valence-corrected chi connectivity index (χ4v) is 3.54. The number of anilines is 1. The van der Waals surface area contributed by atoms with E-state index in [1.54, 1.807) is 10.8 Å². The highest BCUT2D eigenvalue weighted by Gasteiger charge is 2.38. The SMILES string of the molecule is Nc1ncc(-c2cn(CCC3(F)CCC3)c(C(O)C3CC3)n2)cc1OC(F)(F)F. The van der Waals surface area contributed by atoms with Gasteiger partial charge in [0.25, 0.3) is 0 Å². The minimum absolute atomic E-state index is 0.0979. The quantitative estimate of drug-likeness (QED) is 0.665. The number of nitrogen functional groups attached to an aromatic ring is 1. The number of imidazole rings is 1. The second-order valence-corrected chi connectivity index (χ2v) is 7.87. The first-order valence-corrected chi connectivity index (χ1v) is 9.59. The van der Waals surface area contributed by atoms with Gasteiger partial charge in [-0.2, -0.15) is 0 Å². The third-order valence-corrected chi connectivity index (χ3v) is 5.59. The third kappa shape index (κ3) is 4.47. The molecule has 3 N–H and O–H groups in total. The van der Waals surface area contributed by atoms with E-state index in [0.717, 1.165) is 25.3 Å². The van der Waals surface area contributed by atoms with Crippen LogP contribution in [0.25, 0.3) is 11.3 Å². The number of hydrogen-bond acceptors (Lipinski definition) is 5. The van der Waals surface area contributed by atoms with Gasteiger partial charge in [0.1, 0.15) is 17.6 Å². The molecule has 0 spiro atoms. The first kappa shape index (κ1) is 19.9. The van der Waals surface area contributed by atoms with Gasteiger partial charge in [-0.05, 0) is 50.5 Å². The summed E-state index contributed by atoms with van der Waals surface area (Å²) in [5, 5.41) is 10.6. The van der Waals surface area contributed by atoms with Gasteiger partial charge < -0.3 is 20.1 Å². The molecule has 2 aliphatic rings. The maximum absolute atomic E-state index is 14.4. The lowest BCUT2D eigenvalue weighted by atomic mass is 9.79. The number of aryl methyl sites for hydroxylation is 1. The van der Waals surface area contributed by atoms with Crippen molar-refractivity contribution < 1.29 is 27.4 Å². The van der Waals surface area contributed by atoms with E-state index in [-0.39, 0.29) is 11.5 Å². The van der Waals surface area contributed by atoms with Gasteiger partial charge in [-0.15, -0.1) is 13.2 Å². The third-order valence-electron chi connectivity index (χ3n) is 5.59. The van der Waals surface area contributed by atoms with Crippen LogP contribution < -0.4 is 10.5 Å². The number of aliphatic hydroxyl groups is 1. The summed E-state index contributed by atoms with van der Waals surface area (Å²) in [7, 11) is 0. The number of ether oxygens (including phenoxy) is 1. The molecular formula is C19H22F4N4O2. The normalized spacial score (nSPS) is 19.6. The van der Waals surface area contributed by atoms with Crippen molar-refractivity contribution in [3.05, 3.63) is 24.3 Å². The van der Waals surface area contributed by atoms with Gasteiger partial charge in [0.2, 0.25) is 0 Å². The first-order valence-electron chi connectivity index (χ1n) is 9.59. The van der Waals surface area contributed by atoms with Crippen LogP contribution in [-0.2, 0) is 6.54 Å². The molecule has 1 unspecified atom stereocenters. The highest BCUT2D eigenvalue weighted by Crippen LogP contribution is 2.43. The van der Waals surface area contributed by atoms with Gasteiger partial charge in [0.05, 0.1) is 5.69 Å². The molecule has 0 radical (unpaired) electrons. The van der Waals surface area contributed by atoms with E-state index >= 15 is 0 Å². The fourth-order valence-electron chi connectivity index (χ4n) is 3.54. The Kier molecular flexibility index (Phi) is 4.92. The Morgan fingerprint density at radius 1 is 1.34 bits per heavy atom. The van der Waals surface area contributed by atoms with Gasteiger partial charge in [0, 0.05) is 24.5 Å². The van der Waals surface area contributed by atoms with Crippen LogP contribution in [0.3, 0.4) is 0 Å². The van der Waals surface area contributed by atoms with Crippen molar-refractivity contribution in [1.82, 2.24) is 14.5 Å². The summed E-state index contributed by atoms with van der Waals surface area (Å²) in [4.78, 5) is 8.19. The van der Waals surface area contributed by atoms with Crippen molar-refractivity contribution in [2.24, 2.45) is 5.92 Å². The summed E-state index contributed by atoms with van der Waals surface area (Å²) >= 11 is 0. The maximum atomic E-state index is 14.4. The topological polar surface area (TPSA) is 86.2 Å². The van der Waals surface area contributed by atoms with Crippen LogP contribution >= 0.6 is 0 Å². The summed E-state index contributed by atoms with van der Waals surface area (Å²) in [6.45, 7) is 0.330. The molecule has 2 aromatic heterocycles. The molecule has 0 aliphatic heterocycles. The van der Waals surface area contributed by atoms with Crippen LogP contribution in [0.5, 0.6) is 5.75 Å². The largest absolute Gasteiger partial charge is 0.573 e. The minimum atomic E-state index is -4.90. The Morgan fingerprint density at radius 3 is 2.66 bits per heavy atom. The number of halogens is 4. The van der Waals surface area contributed by atoms with Gasteiger partial charge in [-0.25, -0.2) is 14.4 Å². The molecule has 0 saturated heterocycles. The van der Waals surface area contributed by atoms with E-state index in [0.29, 0.717) is 37.3 Å². The fraction of sp³-hybridized carbons (Fsp3) is 0.579. The van der Waals surface area contributed by atoms with Crippen molar-refractivity contribution in [1.29, 1.82) is 0 Å². The molecule has 0 amide bonds. The zero-order valence-corrected chi connectivity index (χ0v) is 15.6. The van der Waals surface area contributed by atoms with Crippen LogP contribution in [-0.4, -0.2) is 31.7 Å². The van der Waals surface area contributed by atoms with Crippen molar-refractivity contribution in [3.63, 3.8) is 0 Å². The van der Waals surface area contributed by atoms with E-state index in [1.807, 2.05) is 0 Å². The van der Waals surface area contributed by atoms with Crippen LogP contribution in [0.2, 0.25) is 0 Å². The van der Waals surface area contributed by atoms with Crippen LogP contribution in [0, 0.1) is 5.92 Å². The molecule has 4 rings (SSSR count). The van der Waals surface area contributed by atoms with Gasteiger partial charge >= 0.3 is 6.36 Å². The molecule has 10 heteroatoms. The van der Waals surface area contributed by atoms with Crippen LogP contribution in [0.4, 0.5) is 23.4 Å². The number of nitrogens with two attached hydrogens (primary N) is 1. The van der Waals surface area contributed by atoms with E-state index < -0.39 is 29.7 Å². The molecule has 0 aromatic carbocycles. The zero-order chi connectivity index (χ0) is 20.8. The molecule has 2 fully saturated rings. The first-order chi connectivity index (χ1) is 13.6. The van der Waals surface area contributed by atoms with Crippen molar-refractivity contribution in [2.75, 3.05) is 5.73 Å². The molecule has 1 atom stereocenters. The van der Waals surface area contributed by atoms with Crippen LogP contribution in [0.1, 0.15) is 50.5 Å². The van der Waals surface area contributed by atoms with E-state index in [1.165, 1.54) is 6.20 Å². The second-order valence-electron chi connectivity index (χ2n) is 7.87. The summed E-state index contributed by atoms with van der Waals surface area (Å²) in [5.41, 5.74) is 4.87. The Hall–Kier alpha value is -2.36. The summed E-state index contributed by atoms with van der Waals surface area (Å²) in [5.74, 6) is -0.527. The number of nitrogens with zero attached hydrogens (tertiary/aromatic N) is 3. The number of aromatic nitrogens is 3. The van der Waals surface area contributed by atoms with Crippen molar-refractivity contribution in [2.45, 2.75) is 63.2 Å². The molecule has 158 valence electrons. The van der Waals surface area contributed by atoms with E-state index in [9.17, 15) is 22.7 Å². The number of aliphatic hydroxyl groups excluding tert-OH is 1.